The van der Waals surface area contributed by atoms with Gasteiger partial charge in [0.2, 0.25) is 0 Å². The molecule has 0 heterocycles. The molecule has 108 valence electrons. The van der Waals surface area contributed by atoms with E-state index < -0.39 is 12.4 Å². The minimum absolute atomic E-state index is 0.0281. The Morgan fingerprint density at radius 2 is 1.71 bits per heavy atom. The zero-order valence-corrected chi connectivity index (χ0v) is 10.8. The lowest BCUT2D eigenvalue weighted by Gasteiger charge is -2.04. The lowest BCUT2D eigenvalue weighted by atomic mass is 10.1. The van der Waals surface area contributed by atoms with Gasteiger partial charge in [-0.25, -0.2) is 4.39 Å². The van der Waals surface area contributed by atoms with Gasteiger partial charge in [0.05, 0.1) is 0 Å². The van der Waals surface area contributed by atoms with Crippen molar-refractivity contribution in [2.45, 2.75) is 6.61 Å². The van der Waals surface area contributed by atoms with Gasteiger partial charge in [0, 0.05) is 11.1 Å². The summed E-state index contributed by atoms with van der Waals surface area (Å²) in [6, 6.07) is 11.3. The maximum absolute atomic E-state index is 13.4. The Kier molecular flexibility index (Phi) is 4.77. The molecular weight excluding hydrogens is 281 g/mol. The van der Waals surface area contributed by atoms with Crippen molar-refractivity contribution in [3.63, 3.8) is 0 Å². The number of hydrogen-bond acceptors (Lipinski definition) is 2. The molecule has 5 heteroatoms. The van der Waals surface area contributed by atoms with Gasteiger partial charge in [0.15, 0.2) is 5.78 Å². The van der Waals surface area contributed by atoms with Crippen LogP contribution in [0.4, 0.5) is 13.2 Å². The van der Waals surface area contributed by atoms with E-state index in [0.717, 1.165) is 0 Å². The van der Waals surface area contributed by atoms with Crippen molar-refractivity contribution in [1.82, 2.24) is 0 Å². The van der Waals surface area contributed by atoms with E-state index in [0.29, 0.717) is 11.1 Å². The predicted octanol–water partition coefficient (Wildman–Crippen LogP) is 4.32. The SMILES string of the molecule is O=C(/C=C/c1ccccc1F)c1ccc(OC(F)F)cc1. The normalized spacial score (nSPS) is 11.0. The minimum atomic E-state index is -2.91. The summed E-state index contributed by atoms with van der Waals surface area (Å²) >= 11 is 0. The topological polar surface area (TPSA) is 26.3 Å². The minimum Gasteiger partial charge on any atom is -0.435 e. The average molecular weight is 292 g/mol. The Morgan fingerprint density at radius 3 is 2.33 bits per heavy atom. The van der Waals surface area contributed by atoms with E-state index >= 15 is 0 Å². The number of halogens is 3. The monoisotopic (exact) mass is 292 g/mol. The van der Waals surface area contributed by atoms with E-state index in [1.54, 1.807) is 18.2 Å². The molecule has 0 aliphatic heterocycles. The van der Waals surface area contributed by atoms with E-state index in [4.69, 9.17) is 0 Å². The van der Waals surface area contributed by atoms with E-state index in [1.807, 2.05) is 0 Å². The highest BCUT2D eigenvalue weighted by atomic mass is 19.3. The number of ether oxygens (including phenoxy) is 1. The number of carbonyl (C=O) groups excluding carboxylic acids is 1. The second kappa shape index (κ2) is 6.74. The van der Waals surface area contributed by atoms with Crippen molar-refractivity contribution in [1.29, 1.82) is 0 Å². The molecule has 0 radical (unpaired) electrons. The maximum Gasteiger partial charge on any atom is 0.387 e. The highest BCUT2D eigenvalue weighted by Crippen LogP contribution is 2.16. The molecule has 0 saturated carbocycles. The van der Waals surface area contributed by atoms with Crippen LogP contribution in [0.2, 0.25) is 0 Å². The molecule has 2 nitrogen and oxygen atoms in total. The van der Waals surface area contributed by atoms with Crippen molar-refractivity contribution in [3.8, 4) is 5.75 Å². The molecular formula is C16H11F3O2. The zero-order chi connectivity index (χ0) is 15.2. The third-order valence-electron chi connectivity index (χ3n) is 2.68. The molecule has 0 bridgehead atoms. The fraction of sp³-hybridized carbons (Fsp3) is 0.0625. The third-order valence-corrected chi connectivity index (χ3v) is 2.68. The van der Waals surface area contributed by atoms with Gasteiger partial charge in [-0.05, 0) is 42.5 Å². The highest BCUT2D eigenvalue weighted by Gasteiger charge is 2.06. The largest absolute Gasteiger partial charge is 0.435 e. The Labute approximate surface area is 119 Å². The number of allylic oxidation sites excluding steroid dienone is 1. The standard InChI is InChI=1S/C16H11F3O2/c17-14-4-2-1-3-11(14)7-10-15(20)12-5-8-13(9-6-12)21-16(18)19/h1-10,16H/b10-7+. The molecule has 0 amide bonds. The summed E-state index contributed by atoms with van der Waals surface area (Å²) in [6.07, 6.45) is 2.59. The first-order chi connectivity index (χ1) is 10.1. The van der Waals surface area contributed by atoms with Gasteiger partial charge in [-0.1, -0.05) is 18.2 Å². The summed E-state index contributed by atoms with van der Waals surface area (Å²) < 4.78 is 41.5. The van der Waals surface area contributed by atoms with Crippen LogP contribution in [0.25, 0.3) is 6.08 Å². The second-order valence-electron chi connectivity index (χ2n) is 4.12. The van der Waals surface area contributed by atoms with Crippen LogP contribution in [0, 0.1) is 5.82 Å². The molecule has 0 spiro atoms. The van der Waals surface area contributed by atoms with Crippen LogP contribution in [0.1, 0.15) is 15.9 Å². The van der Waals surface area contributed by atoms with Crippen molar-refractivity contribution >= 4 is 11.9 Å². The van der Waals surface area contributed by atoms with Crippen LogP contribution in [0.5, 0.6) is 5.75 Å². The number of rotatable bonds is 5. The zero-order valence-electron chi connectivity index (χ0n) is 10.8. The van der Waals surface area contributed by atoms with Gasteiger partial charge in [-0.15, -0.1) is 0 Å². The predicted molar refractivity (Wildman–Crippen MR) is 72.8 cm³/mol. The smallest absolute Gasteiger partial charge is 0.387 e. The van der Waals surface area contributed by atoms with Crippen LogP contribution in [0.3, 0.4) is 0 Å². The average Bonchev–Trinajstić information content (AvgIpc) is 2.46. The Bertz CT molecular complexity index is 649. The summed E-state index contributed by atoms with van der Waals surface area (Å²) in [5, 5.41) is 0. The third kappa shape index (κ3) is 4.21. The van der Waals surface area contributed by atoms with E-state index in [9.17, 15) is 18.0 Å². The molecule has 0 aromatic heterocycles. The first-order valence-electron chi connectivity index (χ1n) is 6.08. The molecule has 2 rings (SSSR count). The molecule has 0 N–H and O–H groups in total. The fourth-order valence-electron chi connectivity index (χ4n) is 1.67. The number of carbonyl (C=O) groups is 1. The summed E-state index contributed by atoms with van der Waals surface area (Å²) in [4.78, 5) is 11.9. The van der Waals surface area contributed by atoms with Crippen LogP contribution < -0.4 is 4.74 Å². The molecule has 2 aromatic carbocycles. The van der Waals surface area contributed by atoms with Gasteiger partial charge in [-0.2, -0.15) is 8.78 Å². The molecule has 0 aliphatic rings. The number of benzene rings is 2. The Hall–Kier alpha value is -2.56. The molecule has 2 aromatic rings. The van der Waals surface area contributed by atoms with Crippen LogP contribution >= 0.6 is 0 Å². The summed E-state index contributed by atoms with van der Waals surface area (Å²) in [6.45, 7) is -2.91. The molecule has 21 heavy (non-hydrogen) atoms. The van der Waals surface area contributed by atoms with Crippen LogP contribution in [-0.4, -0.2) is 12.4 Å². The maximum atomic E-state index is 13.4. The van der Waals surface area contributed by atoms with E-state index in [-0.39, 0.29) is 11.5 Å². The van der Waals surface area contributed by atoms with E-state index in [1.165, 1.54) is 42.5 Å². The Balaban J connectivity index is 2.08. The molecule has 0 fully saturated rings. The van der Waals surface area contributed by atoms with E-state index in [2.05, 4.69) is 4.74 Å². The number of ketones is 1. The first kappa shape index (κ1) is 14.8. The number of alkyl halides is 2. The molecule has 0 saturated heterocycles. The van der Waals surface area contributed by atoms with Crippen LogP contribution in [-0.2, 0) is 0 Å². The van der Waals surface area contributed by atoms with Gasteiger partial charge in [0.25, 0.3) is 0 Å². The quantitative estimate of drug-likeness (QED) is 0.606. The second-order valence-corrected chi connectivity index (χ2v) is 4.12. The molecule has 0 aliphatic carbocycles. The first-order valence-corrected chi connectivity index (χ1v) is 6.08. The van der Waals surface area contributed by atoms with Gasteiger partial charge >= 0.3 is 6.61 Å². The summed E-state index contributed by atoms with van der Waals surface area (Å²) in [5.41, 5.74) is 0.590. The Morgan fingerprint density at radius 1 is 1.05 bits per heavy atom. The summed E-state index contributed by atoms with van der Waals surface area (Å²) in [7, 11) is 0. The molecule has 0 unspecified atom stereocenters. The lowest BCUT2D eigenvalue weighted by Crippen LogP contribution is -2.02. The van der Waals surface area contributed by atoms with Crippen molar-refractivity contribution in [2.24, 2.45) is 0 Å². The van der Waals surface area contributed by atoms with Gasteiger partial charge in [0.1, 0.15) is 11.6 Å². The van der Waals surface area contributed by atoms with Gasteiger partial charge in [-0.3, -0.25) is 4.79 Å². The fourth-order valence-corrected chi connectivity index (χ4v) is 1.67. The number of hydrogen-bond donors (Lipinski definition) is 0. The summed E-state index contributed by atoms with van der Waals surface area (Å²) in [5.74, 6) is -0.816. The van der Waals surface area contributed by atoms with Crippen molar-refractivity contribution in [2.75, 3.05) is 0 Å². The lowest BCUT2D eigenvalue weighted by molar-refractivity contribution is -0.0498. The van der Waals surface area contributed by atoms with Crippen LogP contribution in [0.15, 0.2) is 54.6 Å². The highest BCUT2D eigenvalue weighted by molar-refractivity contribution is 6.06. The van der Waals surface area contributed by atoms with Crippen molar-refractivity contribution < 1.29 is 22.7 Å². The molecule has 0 atom stereocenters. The van der Waals surface area contributed by atoms with Gasteiger partial charge < -0.3 is 4.74 Å². The van der Waals surface area contributed by atoms with Crippen molar-refractivity contribution in [3.05, 3.63) is 71.6 Å².